The molecule has 0 spiro atoms. The highest BCUT2D eigenvalue weighted by Crippen LogP contribution is 2.44. The van der Waals surface area contributed by atoms with Gasteiger partial charge in [-0.2, -0.15) is 35.3 Å². The molecule has 2 aromatic heterocycles. The van der Waals surface area contributed by atoms with Crippen molar-refractivity contribution in [2.24, 2.45) is 0 Å². The largest absolute Gasteiger partial charge is 0.435 e. The number of piperazine rings is 1. The molecular weight excluding hydrogens is 662 g/mol. The molecule has 6 aromatic rings. The van der Waals surface area contributed by atoms with Crippen molar-refractivity contribution in [1.82, 2.24) is 23.4 Å². The molecule has 50 heavy (non-hydrogen) atoms. The van der Waals surface area contributed by atoms with Crippen LogP contribution >= 0.6 is 0 Å². The number of aromatic nitrogens is 3. The lowest BCUT2D eigenvalue weighted by molar-refractivity contribution is -0.141. The molecule has 0 bridgehead atoms. The van der Waals surface area contributed by atoms with Crippen LogP contribution in [0.4, 0.5) is 18.9 Å². The Morgan fingerprint density at radius 1 is 0.720 bits per heavy atom. The van der Waals surface area contributed by atoms with Crippen LogP contribution < -0.4 is 4.90 Å². The number of fused-ring (bicyclic) bond motifs is 1. The summed E-state index contributed by atoms with van der Waals surface area (Å²) < 4.78 is 74.7. The third-order valence-corrected chi connectivity index (χ3v) is 11.2. The second-order valence-electron chi connectivity index (χ2n) is 12.4. The molecule has 4 aromatic carbocycles. The van der Waals surface area contributed by atoms with Gasteiger partial charge in [0.05, 0.1) is 5.52 Å². The summed E-state index contributed by atoms with van der Waals surface area (Å²) in [5.41, 5.74) is 1.66. The first-order chi connectivity index (χ1) is 24.0. The summed E-state index contributed by atoms with van der Waals surface area (Å²) in [5.74, 6) is 0. The van der Waals surface area contributed by atoms with Crippen LogP contribution in [0.25, 0.3) is 22.0 Å². The summed E-state index contributed by atoms with van der Waals surface area (Å²) in [7, 11) is -0.567. The summed E-state index contributed by atoms with van der Waals surface area (Å²) in [5, 5.41) is 5.06. The molecule has 7 rings (SSSR count). The Morgan fingerprint density at radius 3 is 1.76 bits per heavy atom. The zero-order valence-electron chi connectivity index (χ0n) is 27.5. The van der Waals surface area contributed by atoms with E-state index in [2.05, 4.69) is 15.0 Å². The Morgan fingerprint density at radius 2 is 1.26 bits per heavy atom. The van der Waals surface area contributed by atoms with Crippen LogP contribution in [0.5, 0.6) is 0 Å². The average molecular weight is 697 g/mol. The molecule has 0 amide bonds. The van der Waals surface area contributed by atoms with Gasteiger partial charge < -0.3 is 4.90 Å². The number of anilines is 1. The highest BCUT2D eigenvalue weighted by atomic mass is 32.2. The molecule has 0 unspecified atom stereocenters. The fourth-order valence-electron chi connectivity index (χ4n) is 6.87. The molecular formula is C38H35F3N6O2S. The van der Waals surface area contributed by atoms with Crippen LogP contribution in [0.1, 0.15) is 22.4 Å². The minimum absolute atomic E-state index is 0.0664. The van der Waals surface area contributed by atoms with Gasteiger partial charge in [0.1, 0.15) is 5.54 Å². The summed E-state index contributed by atoms with van der Waals surface area (Å²) in [6, 6.07) is 35.2. The van der Waals surface area contributed by atoms with Gasteiger partial charge >= 0.3 is 6.18 Å². The van der Waals surface area contributed by atoms with E-state index in [-0.39, 0.29) is 18.7 Å². The standard InChI is InChI=1S/C38H35F3N6O2S/c1-44(2)50(48,49)46-24-22-45(23-25-46)35-20-21-42-34-19-18-28(26-32(34)35)33-27-47(43-36(33)38(39,40)41)37(29-12-6-3-7-13-29,30-14-8-4-9-15-30)31-16-10-5-11-17-31/h3-21,26-27H,22-25H2,1-2H3. The lowest BCUT2D eigenvalue weighted by Crippen LogP contribution is -2.51. The van der Waals surface area contributed by atoms with Crippen molar-refractivity contribution in [1.29, 1.82) is 0 Å². The van der Waals surface area contributed by atoms with E-state index in [1.807, 2.05) is 97.1 Å². The lowest BCUT2D eigenvalue weighted by Gasteiger charge is -2.36. The van der Waals surface area contributed by atoms with Crippen LogP contribution in [0.3, 0.4) is 0 Å². The van der Waals surface area contributed by atoms with Crippen molar-refractivity contribution in [3.05, 3.63) is 150 Å². The van der Waals surface area contributed by atoms with Crippen molar-refractivity contribution in [3.63, 3.8) is 0 Å². The number of alkyl halides is 3. The number of rotatable bonds is 8. The van der Waals surface area contributed by atoms with E-state index >= 15 is 13.2 Å². The van der Waals surface area contributed by atoms with Crippen LogP contribution in [0, 0.1) is 0 Å². The Bertz CT molecular complexity index is 2120. The van der Waals surface area contributed by atoms with E-state index in [0.717, 1.165) is 22.4 Å². The minimum Gasteiger partial charge on any atom is -0.368 e. The first kappa shape index (κ1) is 33.5. The second kappa shape index (κ2) is 13.0. The maximum Gasteiger partial charge on any atom is 0.435 e. The first-order valence-corrected chi connectivity index (χ1v) is 17.6. The van der Waals surface area contributed by atoms with Crippen LogP contribution in [-0.2, 0) is 21.9 Å². The van der Waals surface area contributed by atoms with Gasteiger partial charge in [-0.25, -0.2) is 0 Å². The van der Waals surface area contributed by atoms with E-state index < -0.39 is 27.6 Å². The van der Waals surface area contributed by atoms with Crippen molar-refractivity contribution < 1.29 is 21.6 Å². The molecule has 3 heterocycles. The molecule has 8 nitrogen and oxygen atoms in total. The molecule has 256 valence electrons. The molecule has 0 radical (unpaired) electrons. The summed E-state index contributed by atoms with van der Waals surface area (Å²) in [6.07, 6.45) is -1.61. The Kier molecular flexibility index (Phi) is 8.71. The molecule has 0 N–H and O–H groups in total. The third kappa shape index (κ3) is 5.82. The van der Waals surface area contributed by atoms with E-state index in [0.29, 0.717) is 29.6 Å². The monoisotopic (exact) mass is 696 g/mol. The van der Waals surface area contributed by atoms with Gasteiger partial charge in [-0.3, -0.25) is 9.67 Å². The number of nitrogens with zero attached hydrogens (tertiary/aromatic N) is 6. The van der Waals surface area contributed by atoms with Gasteiger partial charge in [-0.05, 0) is 40.5 Å². The number of hydrogen-bond acceptors (Lipinski definition) is 5. The summed E-state index contributed by atoms with van der Waals surface area (Å²) in [4.78, 5) is 6.55. The zero-order valence-corrected chi connectivity index (χ0v) is 28.3. The normalized spacial score (nSPS) is 14.8. The van der Waals surface area contributed by atoms with Crippen LogP contribution in [-0.4, -0.2) is 72.1 Å². The lowest BCUT2D eigenvalue weighted by atomic mass is 9.77. The van der Waals surface area contributed by atoms with Gasteiger partial charge in [-0.1, -0.05) is 97.1 Å². The predicted molar refractivity (Wildman–Crippen MR) is 189 cm³/mol. The maximum absolute atomic E-state index is 15.1. The quantitative estimate of drug-likeness (QED) is 0.162. The molecule has 1 aliphatic rings. The Labute approximate surface area is 289 Å². The average Bonchev–Trinajstić information content (AvgIpc) is 3.60. The fraction of sp³-hybridized carbons (Fsp3) is 0.211. The second-order valence-corrected chi connectivity index (χ2v) is 14.5. The molecule has 0 aliphatic carbocycles. The Balaban J connectivity index is 1.40. The van der Waals surface area contributed by atoms with Gasteiger partial charge in [0.15, 0.2) is 5.69 Å². The third-order valence-electron chi connectivity index (χ3n) is 9.30. The van der Waals surface area contributed by atoms with Crippen LogP contribution in [0.15, 0.2) is 128 Å². The first-order valence-electron chi connectivity index (χ1n) is 16.2. The minimum atomic E-state index is -4.77. The molecule has 0 saturated carbocycles. The fourth-order valence-corrected chi connectivity index (χ4v) is 7.95. The van der Waals surface area contributed by atoms with Crippen molar-refractivity contribution in [2.45, 2.75) is 11.7 Å². The van der Waals surface area contributed by atoms with Gasteiger partial charge in [0, 0.05) is 69.3 Å². The number of halogens is 3. The predicted octanol–water partition coefficient (Wildman–Crippen LogP) is 6.89. The van der Waals surface area contributed by atoms with E-state index in [1.165, 1.54) is 33.6 Å². The SMILES string of the molecule is CN(C)S(=O)(=O)N1CCN(c2ccnc3ccc(-c4cn(C(c5ccccc5)(c5ccccc5)c5ccccc5)nc4C(F)(F)F)cc23)CC1. The molecule has 0 atom stereocenters. The highest BCUT2D eigenvalue weighted by molar-refractivity contribution is 7.86. The molecule has 1 aliphatic heterocycles. The number of hydrogen-bond donors (Lipinski definition) is 0. The Hall–Kier alpha value is -5.04. The van der Waals surface area contributed by atoms with E-state index in [1.54, 1.807) is 24.4 Å². The van der Waals surface area contributed by atoms with Gasteiger partial charge in [-0.15, -0.1) is 0 Å². The molecule has 1 fully saturated rings. The zero-order chi connectivity index (χ0) is 35.1. The van der Waals surface area contributed by atoms with Crippen molar-refractivity contribution in [3.8, 4) is 11.1 Å². The summed E-state index contributed by atoms with van der Waals surface area (Å²) in [6.45, 7) is 1.37. The maximum atomic E-state index is 15.1. The van der Waals surface area contributed by atoms with Gasteiger partial charge in [0.2, 0.25) is 0 Å². The number of benzene rings is 4. The summed E-state index contributed by atoms with van der Waals surface area (Å²) >= 11 is 0. The van der Waals surface area contributed by atoms with Crippen molar-refractivity contribution >= 4 is 26.8 Å². The van der Waals surface area contributed by atoms with E-state index in [9.17, 15) is 8.42 Å². The molecule has 12 heteroatoms. The van der Waals surface area contributed by atoms with E-state index in [4.69, 9.17) is 0 Å². The highest BCUT2D eigenvalue weighted by Gasteiger charge is 2.44. The van der Waals surface area contributed by atoms with Crippen molar-refractivity contribution in [2.75, 3.05) is 45.2 Å². The smallest absolute Gasteiger partial charge is 0.368 e. The topological polar surface area (TPSA) is 74.6 Å². The van der Waals surface area contributed by atoms with Gasteiger partial charge in [0.25, 0.3) is 10.2 Å². The molecule has 1 saturated heterocycles. The number of pyridine rings is 1. The van der Waals surface area contributed by atoms with Crippen LogP contribution in [0.2, 0.25) is 0 Å².